The smallest absolute Gasteiger partial charge is 0.278 e. The zero-order valence-corrected chi connectivity index (χ0v) is 14.6. The maximum Gasteiger partial charge on any atom is 0.278 e. The summed E-state index contributed by atoms with van der Waals surface area (Å²) in [6.07, 6.45) is 3.98. The Bertz CT molecular complexity index is 975. The molecule has 2 N–H and O–H groups in total. The van der Waals surface area contributed by atoms with Gasteiger partial charge in [0.15, 0.2) is 11.5 Å². The van der Waals surface area contributed by atoms with Crippen LogP contribution in [-0.2, 0) is 4.84 Å². The molecule has 0 unspecified atom stereocenters. The number of carbonyl (C=O) groups excluding carboxylic acids is 1. The van der Waals surface area contributed by atoms with Gasteiger partial charge in [-0.3, -0.25) is 9.63 Å². The van der Waals surface area contributed by atoms with Crippen molar-refractivity contribution in [1.82, 2.24) is 14.9 Å². The lowest BCUT2D eigenvalue weighted by Crippen LogP contribution is -2.28. The fourth-order valence-corrected chi connectivity index (χ4v) is 2.43. The lowest BCUT2D eigenvalue weighted by Gasteiger charge is -2.15. The van der Waals surface area contributed by atoms with Crippen molar-refractivity contribution in [2.45, 2.75) is 20.0 Å². The standard InChI is InChI=1S/C17H15ClF2N4O2/c1-9(2)26-23-17(25)11-8-24-6-5-21-16(24)14(20)15(11)22-13-4-3-10(18)7-12(13)19/h3-9,22H,1-2H3,(H,23,25). The third-order valence-corrected chi connectivity index (χ3v) is 3.68. The molecule has 2 aromatic heterocycles. The SMILES string of the molecule is CC(C)ONC(=O)c1cn2ccnc2c(F)c1Nc1ccc(Cl)cc1F. The van der Waals surface area contributed by atoms with Crippen molar-refractivity contribution in [2.75, 3.05) is 5.32 Å². The Morgan fingerprint density at radius 2 is 2.12 bits per heavy atom. The van der Waals surface area contributed by atoms with Crippen LogP contribution >= 0.6 is 11.6 Å². The predicted octanol–water partition coefficient (Wildman–Crippen LogP) is 4.08. The molecule has 0 aliphatic rings. The van der Waals surface area contributed by atoms with Crippen molar-refractivity contribution < 1.29 is 18.4 Å². The summed E-state index contributed by atoms with van der Waals surface area (Å²) < 4.78 is 30.3. The van der Waals surface area contributed by atoms with Gasteiger partial charge in [-0.1, -0.05) is 11.6 Å². The van der Waals surface area contributed by atoms with Gasteiger partial charge >= 0.3 is 0 Å². The molecule has 1 amide bonds. The van der Waals surface area contributed by atoms with Gasteiger partial charge < -0.3 is 9.72 Å². The zero-order valence-electron chi connectivity index (χ0n) is 13.9. The number of hydrogen-bond acceptors (Lipinski definition) is 4. The maximum absolute atomic E-state index is 14.9. The zero-order chi connectivity index (χ0) is 18.8. The van der Waals surface area contributed by atoms with Gasteiger partial charge in [-0.25, -0.2) is 19.2 Å². The highest BCUT2D eigenvalue weighted by Crippen LogP contribution is 2.29. The molecular weight excluding hydrogens is 366 g/mol. The number of hydroxylamine groups is 1. The van der Waals surface area contributed by atoms with Crippen LogP contribution in [0.3, 0.4) is 0 Å². The van der Waals surface area contributed by atoms with Gasteiger partial charge in [-0.15, -0.1) is 0 Å². The number of nitrogens with zero attached hydrogens (tertiary/aromatic N) is 2. The Hall–Kier alpha value is -2.71. The van der Waals surface area contributed by atoms with Gasteiger partial charge in [-0.2, -0.15) is 0 Å². The van der Waals surface area contributed by atoms with E-state index in [1.54, 1.807) is 13.8 Å². The second-order valence-corrected chi connectivity index (χ2v) is 6.17. The first-order valence-electron chi connectivity index (χ1n) is 7.70. The fraction of sp³-hybridized carbons (Fsp3) is 0.176. The van der Waals surface area contributed by atoms with E-state index in [4.69, 9.17) is 16.4 Å². The Kier molecular flexibility index (Phi) is 5.06. The maximum atomic E-state index is 14.9. The molecule has 0 radical (unpaired) electrons. The van der Waals surface area contributed by atoms with Gasteiger partial charge in [0.05, 0.1) is 23.0 Å². The number of carbonyl (C=O) groups is 1. The van der Waals surface area contributed by atoms with Crippen molar-refractivity contribution in [1.29, 1.82) is 0 Å². The summed E-state index contributed by atoms with van der Waals surface area (Å²) in [7, 11) is 0. The number of amides is 1. The van der Waals surface area contributed by atoms with Crippen molar-refractivity contribution in [3.05, 3.63) is 59.0 Å². The highest BCUT2D eigenvalue weighted by molar-refractivity contribution is 6.30. The highest BCUT2D eigenvalue weighted by atomic mass is 35.5. The number of rotatable bonds is 5. The molecule has 0 spiro atoms. The summed E-state index contributed by atoms with van der Waals surface area (Å²) in [6, 6.07) is 3.87. The molecule has 0 bridgehead atoms. The van der Waals surface area contributed by atoms with Crippen LogP contribution in [0.5, 0.6) is 0 Å². The summed E-state index contributed by atoms with van der Waals surface area (Å²) in [6.45, 7) is 3.45. The molecule has 3 rings (SSSR count). The summed E-state index contributed by atoms with van der Waals surface area (Å²) in [5.74, 6) is -2.18. The molecule has 6 nitrogen and oxygen atoms in total. The summed E-state index contributed by atoms with van der Waals surface area (Å²) in [4.78, 5) is 21.4. The first-order valence-corrected chi connectivity index (χ1v) is 8.08. The normalized spacial score (nSPS) is 11.2. The average molecular weight is 381 g/mol. The summed E-state index contributed by atoms with van der Waals surface area (Å²) in [5.41, 5.74) is 1.88. The van der Waals surface area contributed by atoms with Gasteiger partial charge in [0.25, 0.3) is 5.91 Å². The number of anilines is 2. The second kappa shape index (κ2) is 7.27. The van der Waals surface area contributed by atoms with E-state index in [2.05, 4.69) is 15.8 Å². The summed E-state index contributed by atoms with van der Waals surface area (Å²) in [5, 5.41) is 2.80. The lowest BCUT2D eigenvalue weighted by atomic mass is 10.2. The molecule has 26 heavy (non-hydrogen) atoms. The molecule has 0 atom stereocenters. The third-order valence-electron chi connectivity index (χ3n) is 3.44. The number of aromatic nitrogens is 2. The number of imidazole rings is 1. The summed E-state index contributed by atoms with van der Waals surface area (Å²) >= 11 is 5.73. The first kappa shape index (κ1) is 18.1. The first-order chi connectivity index (χ1) is 12.4. The van der Waals surface area contributed by atoms with Crippen LogP contribution < -0.4 is 10.8 Å². The van der Waals surface area contributed by atoms with E-state index in [1.165, 1.54) is 35.1 Å². The molecule has 0 fully saturated rings. The average Bonchev–Trinajstić information content (AvgIpc) is 3.05. The van der Waals surface area contributed by atoms with Gasteiger partial charge in [0.1, 0.15) is 5.82 Å². The Balaban J connectivity index is 2.07. The van der Waals surface area contributed by atoms with E-state index in [1.807, 2.05) is 0 Å². The Morgan fingerprint density at radius 1 is 1.35 bits per heavy atom. The number of fused-ring (bicyclic) bond motifs is 1. The van der Waals surface area contributed by atoms with Gasteiger partial charge in [0.2, 0.25) is 0 Å². The molecule has 3 aromatic rings. The van der Waals surface area contributed by atoms with Gasteiger partial charge in [-0.05, 0) is 32.0 Å². The minimum absolute atomic E-state index is 0.0109. The van der Waals surface area contributed by atoms with Crippen LogP contribution in [-0.4, -0.2) is 21.4 Å². The lowest BCUT2D eigenvalue weighted by molar-refractivity contribution is 0.000199. The molecular formula is C17H15ClF2N4O2. The van der Waals surface area contributed by atoms with Crippen molar-refractivity contribution in [3.63, 3.8) is 0 Å². The van der Waals surface area contributed by atoms with Crippen LogP contribution in [0.1, 0.15) is 24.2 Å². The molecule has 0 saturated carbocycles. The number of hydrogen-bond donors (Lipinski definition) is 2. The predicted molar refractivity (Wildman–Crippen MR) is 93.5 cm³/mol. The number of pyridine rings is 1. The van der Waals surface area contributed by atoms with Crippen LogP contribution in [0.15, 0.2) is 36.8 Å². The number of nitrogens with one attached hydrogen (secondary N) is 2. The molecule has 9 heteroatoms. The fourth-order valence-electron chi connectivity index (χ4n) is 2.27. The van der Waals surface area contributed by atoms with E-state index in [-0.39, 0.29) is 33.7 Å². The third kappa shape index (κ3) is 3.61. The molecule has 136 valence electrons. The quantitative estimate of drug-likeness (QED) is 0.654. The van der Waals surface area contributed by atoms with E-state index in [0.29, 0.717) is 0 Å². The minimum atomic E-state index is -0.804. The topological polar surface area (TPSA) is 67.7 Å². The van der Waals surface area contributed by atoms with Crippen LogP contribution in [0.2, 0.25) is 5.02 Å². The number of benzene rings is 1. The van der Waals surface area contributed by atoms with E-state index in [0.717, 1.165) is 6.07 Å². The number of halogens is 3. The molecule has 0 aliphatic heterocycles. The second-order valence-electron chi connectivity index (χ2n) is 5.74. The molecule has 2 heterocycles. The Labute approximate surface area is 152 Å². The minimum Gasteiger partial charge on any atom is -0.350 e. The monoisotopic (exact) mass is 380 g/mol. The van der Waals surface area contributed by atoms with Crippen molar-refractivity contribution in [2.24, 2.45) is 0 Å². The van der Waals surface area contributed by atoms with Crippen LogP contribution in [0, 0.1) is 11.6 Å². The highest BCUT2D eigenvalue weighted by Gasteiger charge is 2.21. The van der Waals surface area contributed by atoms with Crippen LogP contribution in [0.4, 0.5) is 20.2 Å². The van der Waals surface area contributed by atoms with Crippen molar-refractivity contribution in [3.8, 4) is 0 Å². The van der Waals surface area contributed by atoms with Crippen LogP contribution in [0.25, 0.3) is 5.65 Å². The van der Waals surface area contributed by atoms with E-state index in [9.17, 15) is 13.6 Å². The molecule has 0 aliphatic carbocycles. The van der Waals surface area contributed by atoms with E-state index >= 15 is 0 Å². The molecule has 1 aromatic carbocycles. The Morgan fingerprint density at radius 3 is 2.81 bits per heavy atom. The molecule has 0 saturated heterocycles. The van der Waals surface area contributed by atoms with Gasteiger partial charge in [0, 0.05) is 23.6 Å². The van der Waals surface area contributed by atoms with Crippen molar-refractivity contribution >= 4 is 34.5 Å². The largest absolute Gasteiger partial charge is 0.350 e. The van der Waals surface area contributed by atoms with E-state index < -0.39 is 17.5 Å².